The zero-order valence-electron chi connectivity index (χ0n) is 14.4. The number of hydrogen-bond donors (Lipinski definition) is 1. The number of carbonyl (C=O) groups excluding carboxylic acids is 1. The van der Waals surface area contributed by atoms with Crippen LogP contribution in [0.15, 0.2) is 71.1 Å². The van der Waals surface area contributed by atoms with Gasteiger partial charge < -0.3 is 15.0 Å². The minimum absolute atomic E-state index is 0.0553. The number of hydrogen-bond acceptors (Lipinski definition) is 5. The first kappa shape index (κ1) is 19.1. The number of rotatable bonds is 8. The molecule has 0 atom stereocenters. The SMILES string of the molecule is O=C(CCCc1ccccc1)Nc1ccc(S(=O)(=O)[N-]c2nccs2)cc1. The van der Waals surface area contributed by atoms with Crippen LogP contribution in [0.4, 0.5) is 10.8 Å². The van der Waals surface area contributed by atoms with Gasteiger partial charge in [-0.1, -0.05) is 36.5 Å². The zero-order chi connectivity index (χ0) is 19.1. The van der Waals surface area contributed by atoms with E-state index < -0.39 is 10.0 Å². The molecule has 1 aromatic heterocycles. The van der Waals surface area contributed by atoms with E-state index in [0.717, 1.165) is 24.2 Å². The predicted octanol–water partition coefficient (Wildman–Crippen LogP) is 4.50. The van der Waals surface area contributed by atoms with Crippen LogP contribution in [0, 0.1) is 0 Å². The molecule has 0 aliphatic carbocycles. The second-order valence-electron chi connectivity index (χ2n) is 5.79. The number of amides is 1. The van der Waals surface area contributed by atoms with Crippen molar-refractivity contribution in [2.45, 2.75) is 24.2 Å². The maximum atomic E-state index is 12.2. The number of aryl methyl sites for hydroxylation is 1. The molecule has 0 saturated carbocycles. The summed E-state index contributed by atoms with van der Waals surface area (Å²) in [6.07, 6.45) is 3.47. The number of anilines is 1. The molecule has 3 aromatic rings. The number of nitrogens with one attached hydrogen (secondary N) is 1. The lowest BCUT2D eigenvalue weighted by atomic mass is 10.1. The van der Waals surface area contributed by atoms with Crippen LogP contribution < -0.4 is 5.32 Å². The third kappa shape index (κ3) is 5.63. The molecule has 1 heterocycles. The quantitative estimate of drug-likeness (QED) is 0.603. The van der Waals surface area contributed by atoms with Gasteiger partial charge in [0, 0.05) is 17.2 Å². The molecule has 2 aromatic carbocycles. The van der Waals surface area contributed by atoms with Gasteiger partial charge in [0.2, 0.25) is 15.9 Å². The van der Waals surface area contributed by atoms with Crippen molar-refractivity contribution in [3.8, 4) is 0 Å². The molecule has 0 spiro atoms. The van der Waals surface area contributed by atoms with Crippen molar-refractivity contribution in [1.29, 1.82) is 0 Å². The Morgan fingerprint density at radius 1 is 1.07 bits per heavy atom. The van der Waals surface area contributed by atoms with E-state index in [0.29, 0.717) is 12.1 Å². The topological polar surface area (TPSA) is 90.2 Å². The van der Waals surface area contributed by atoms with Gasteiger partial charge in [0.25, 0.3) is 0 Å². The van der Waals surface area contributed by atoms with Crippen LogP contribution in [0.2, 0.25) is 0 Å². The zero-order valence-corrected chi connectivity index (χ0v) is 16.0. The van der Waals surface area contributed by atoms with Crippen LogP contribution >= 0.6 is 11.3 Å². The number of sulfonamides is 1. The van der Waals surface area contributed by atoms with Gasteiger partial charge in [-0.25, -0.2) is 8.42 Å². The molecule has 0 aliphatic heterocycles. The number of thiazole rings is 1. The van der Waals surface area contributed by atoms with E-state index in [9.17, 15) is 13.2 Å². The molecule has 1 amide bonds. The number of nitrogens with zero attached hydrogens (tertiary/aromatic N) is 2. The summed E-state index contributed by atoms with van der Waals surface area (Å²) in [7, 11) is -3.81. The van der Waals surface area contributed by atoms with Crippen molar-refractivity contribution in [3.05, 3.63) is 76.5 Å². The first-order valence-corrected chi connectivity index (χ1v) is 10.7. The average Bonchev–Trinajstić information content (AvgIpc) is 3.15. The van der Waals surface area contributed by atoms with Gasteiger partial charge in [0.15, 0.2) is 0 Å². The lowest BCUT2D eigenvalue weighted by Gasteiger charge is -2.12. The second-order valence-corrected chi connectivity index (χ2v) is 8.27. The Hall–Kier alpha value is -2.71. The summed E-state index contributed by atoms with van der Waals surface area (Å²) >= 11 is 1.15. The minimum atomic E-state index is -3.81. The fraction of sp³-hybridized carbons (Fsp3) is 0.158. The van der Waals surface area contributed by atoms with E-state index in [4.69, 9.17) is 0 Å². The van der Waals surface area contributed by atoms with E-state index >= 15 is 0 Å². The van der Waals surface area contributed by atoms with Crippen LogP contribution in [-0.4, -0.2) is 19.3 Å². The summed E-state index contributed by atoms with van der Waals surface area (Å²) < 4.78 is 28.1. The summed E-state index contributed by atoms with van der Waals surface area (Å²) in [5, 5.41) is 4.62. The molecule has 8 heteroatoms. The third-order valence-corrected chi connectivity index (χ3v) is 5.83. The molecular weight excluding hydrogens is 382 g/mol. The first-order valence-electron chi connectivity index (χ1n) is 8.34. The van der Waals surface area contributed by atoms with Crippen molar-refractivity contribution in [2.75, 3.05) is 5.32 Å². The lowest BCUT2D eigenvalue weighted by Crippen LogP contribution is -2.11. The molecule has 3 rings (SSSR count). The van der Waals surface area contributed by atoms with Crippen LogP contribution in [0.25, 0.3) is 4.72 Å². The van der Waals surface area contributed by atoms with Crippen molar-refractivity contribution in [3.63, 3.8) is 0 Å². The standard InChI is InChI=1S/C19H19N3O3S2/c23-18(8-4-7-15-5-2-1-3-6-15)21-16-9-11-17(12-10-16)27(24,25)22-19-20-13-14-26-19/h1-3,5-6,9-14H,4,7-8H2,(H2,20,21,22,23)/p-1. The predicted molar refractivity (Wildman–Crippen MR) is 107 cm³/mol. The number of aromatic nitrogens is 1. The highest BCUT2D eigenvalue weighted by Gasteiger charge is 2.10. The third-order valence-electron chi connectivity index (χ3n) is 3.77. The Bertz CT molecular complexity index is 971. The maximum Gasteiger partial charge on any atom is 0.224 e. The van der Waals surface area contributed by atoms with E-state index in [-0.39, 0.29) is 15.9 Å². The normalized spacial score (nSPS) is 11.1. The average molecular weight is 401 g/mol. The second kappa shape index (κ2) is 8.79. The van der Waals surface area contributed by atoms with E-state index in [2.05, 4.69) is 15.0 Å². The summed E-state index contributed by atoms with van der Waals surface area (Å²) in [4.78, 5) is 15.9. The lowest BCUT2D eigenvalue weighted by molar-refractivity contribution is -0.116. The van der Waals surface area contributed by atoms with E-state index in [1.165, 1.54) is 23.9 Å². The monoisotopic (exact) mass is 400 g/mol. The highest BCUT2D eigenvalue weighted by molar-refractivity contribution is 7.94. The van der Waals surface area contributed by atoms with Gasteiger partial charge in [0.1, 0.15) is 0 Å². The van der Waals surface area contributed by atoms with Gasteiger partial charge in [-0.2, -0.15) is 11.3 Å². The van der Waals surface area contributed by atoms with Gasteiger partial charge >= 0.3 is 0 Å². The number of benzene rings is 2. The van der Waals surface area contributed by atoms with Crippen molar-refractivity contribution in [1.82, 2.24) is 4.98 Å². The fourth-order valence-electron chi connectivity index (χ4n) is 2.45. The van der Waals surface area contributed by atoms with Gasteiger partial charge in [-0.15, -0.1) is 0 Å². The largest absolute Gasteiger partial charge is 0.433 e. The van der Waals surface area contributed by atoms with Crippen molar-refractivity contribution < 1.29 is 13.2 Å². The van der Waals surface area contributed by atoms with Gasteiger partial charge in [0.05, 0.1) is 4.90 Å². The molecule has 0 unspecified atom stereocenters. The molecule has 0 radical (unpaired) electrons. The highest BCUT2D eigenvalue weighted by Crippen LogP contribution is 2.29. The Labute approximate surface area is 162 Å². The Kier molecular flexibility index (Phi) is 6.20. The molecule has 0 aliphatic rings. The van der Waals surface area contributed by atoms with Crippen LogP contribution in [0.1, 0.15) is 18.4 Å². The smallest absolute Gasteiger partial charge is 0.224 e. The molecule has 27 heavy (non-hydrogen) atoms. The molecule has 0 saturated heterocycles. The molecular formula is C19H18N3O3S2-. The summed E-state index contributed by atoms with van der Waals surface area (Å²) in [5.74, 6) is -0.103. The first-order chi connectivity index (χ1) is 13.0. The van der Waals surface area contributed by atoms with E-state index in [1.807, 2.05) is 30.3 Å². The van der Waals surface area contributed by atoms with Gasteiger partial charge in [-0.3, -0.25) is 4.79 Å². The number of carbonyl (C=O) groups is 1. The molecule has 140 valence electrons. The Morgan fingerprint density at radius 2 is 1.81 bits per heavy atom. The minimum Gasteiger partial charge on any atom is -0.433 e. The van der Waals surface area contributed by atoms with Crippen LogP contribution in [0.3, 0.4) is 0 Å². The molecule has 6 nitrogen and oxygen atoms in total. The summed E-state index contributed by atoms with van der Waals surface area (Å²) in [6, 6.07) is 15.9. The summed E-state index contributed by atoms with van der Waals surface area (Å²) in [5.41, 5.74) is 1.75. The van der Waals surface area contributed by atoms with Crippen LogP contribution in [-0.2, 0) is 21.2 Å². The summed E-state index contributed by atoms with van der Waals surface area (Å²) in [6.45, 7) is 0. The maximum absolute atomic E-state index is 12.2. The van der Waals surface area contributed by atoms with Gasteiger partial charge in [-0.05, 0) is 48.1 Å². The molecule has 1 N–H and O–H groups in total. The fourth-order valence-corrected chi connectivity index (χ4v) is 4.12. The van der Waals surface area contributed by atoms with Crippen LogP contribution in [0.5, 0.6) is 0 Å². The highest BCUT2D eigenvalue weighted by atomic mass is 32.2. The molecule has 0 fully saturated rings. The Balaban J connectivity index is 1.51. The Morgan fingerprint density at radius 3 is 2.48 bits per heavy atom. The van der Waals surface area contributed by atoms with Crippen molar-refractivity contribution in [2.24, 2.45) is 0 Å². The van der Waals surface area contributed by atoms with Crippen molar-refractivity contribution >= 4 is 38.1 Å². The molecule has 0 bridgehead atoms. The van der Waals surface area contributed by atoms with E-state index in [1.54, 1.807) is 17.5 Å².